The lowest BCUT2D eigenvalue weighted by molar-refractivity contribution is 0.0277. The van der Waals surface area contributed by atoms with Crippen molar-refractivity contribution in [1.82, 2.24) is 25.1 Å². The largest absolute Gasteiger partial charge is 0.371 e. The Kier molecular flexibility index (Phi) is 6.58. The van der Waals surface area contributed by atoms with Crippen LogP contribution in [0.2, 0.25) is 5.02 Å². The Morgan fingerprint density at radius 3 is 2.64 bits per heavy atom. The molecule has 1 atom stereocenters. The Labute approximate surface area is 172 Å². The van der Waals surface area contributed by atoms with Gasteiger partial charge in [-0.15, -0.1) is 12.4 Å². The highest BCUT2D eigenvalue weighted by Gasteiger charge is 2.16. The van der Waals surface area contributed by atoms with Crippen LogP contribution >= 0.6 is 24.0 Å². The number of hydrogen-bond donors (Lipinski definition) is 2. The second-order valence-corrected chi connectivity index (χ2v) is 6.45. The summed E-state index contributed by atoms with van der Waals surface area (Å²) in [5.41, 5.74) is 2.17. The first-order valence-electron chi connectivity index (χ1n) is 8.45. The van der Waals surface area contributed by atoms with Gasteiger partial charge in [-0.3, -0.25) is 4.79 Å². The number of morpholine rings is 1. The Hall–Kier alpha value is -2.52. The molecule has 0 spiro atoms. The van der Waals surface area contributed by atoms with Gasteiger partial charge >= 0.3 is 0 Å². The minimum Gasteiger partial charge on any atom is -0.371 e. The minimum atomic E-state index is -0.265. The third kappa shape index (κ3) is 4.66. The fourth-order valence-corrected chi connectivity index (χ4v) is 2.83. The summed E-state index contributed by atoms with van der Waals surface area (Å²) in [6.07, 6.45) is 6.01. The molecule has 1 amide bonds. The first-order chi connectivity index (χ1) is 13.2. The average molecular weight is 421 g/mol. The number of nitrogens with zero attached hydrogens (tertiary/aromatic N) is 4. The van der Waals surface area contributed by atoms with E-state index >= 15 is 0 Å². The van der Waals surface area contributed by atoms with E-state index in [1.54, 1.807) is 6.20 Å². The number of nitrogens with one attached hydrogen (secondary N) is 2. The van der Waals surface area contributed by atoms with Crippen LogP contribution in [0.15, 0.2) is 49.1 Å². The summed E-state index contributed by atoms with van der Waals surface area (Å²) in [6.45, 7) is 2.36. The van der Waals surface area contributed by atoms with Gasteiger partial charge in [0.1, 0.15) is 0 Å². The molecule has 0 radical (unpaired) electrons. The number of hydrogen-bond acceptors (Lipinski definition) is 6. The normalized spacial score (nSPS) is 16.2. The van der Waals surface area contributed by atoms with E-state index in [0.29, 0.717) is 28.8 Å². The van der Waals surface area contributed by atoms with Crippen molar-refractivity contribution in [1.29, 1.82) is 0 Å². The maximum atomic E-state index is 12.4. The third-order valence-corrected chi connectivity index (χ3v) is 4.32. The molecule has 1 aromatic carbocycles. The van der Waals surface area contributed by atoms with Gasteiger partial charge in [0.2, 0.25) is 0 Å². The first kappa shape index (κ1) is 20.2. The van der Waals surface area contributed by atoms with Gasteiger partial charge in [0, 0.05) is 25.0 Å². The van der Waals surface area contributed by atoms with Gasteiger partial charge < -0.3 is 15.4 Å². The number of ether oxygens (including phenoxy) is 1. The number of anilines is 1. The zero-order chi connectivity index (χ0) is 18.6. The van der Waals surface area contributed by atoms with Crippen molar-refractivity contribution in [3.05, 3.63) is 65.2 Å². The fraction of sp³-hybridized carbons (Fsp3) is 0.222. The molecule has 10 heteroatoms. The SMILES string of the molecule is Cl.O=C(Nc1ccc([C@H]2CNCCO2)cc1)c1cnn(-c2ncc(Cl)cn2)c1. The standard InChI is InChI=1S/C18H17ClN6O2.ClH/c19-14-8-21-18(22-9-14)25-11-13(7-23-25)17(26)24-15-3-1-12(2-4-15)16-10-20-5-6-27-16;/h1-4,7-9,11,16,20H,5-6,10H2,(H,24,26);1H/t16-;/m1./s1. The van der Waals surface area contributed by atoms with Crippen molar-refractivity contribution in [3.63, 3.8) is 0 Å². The summed E-state index contributed by atoms with van der Waals surface area (Å²) in [7, 11) is 0. The highest BCUT2D eigenvalue weighted by atomic mass is 35.5. The summed E-state index contributed by atoms with van der Waals surface area (Å²) in [6, 6.07) is 7.63. The van der Waals surface area contributed by atoms with Crippen LogP contribution in [0, 0.1) is 0 Å². The van der Waals surface area contributed by atoms with Gasteiger partial charge in [-0.05, 0) is 17.7 Å². The van der Waals surface area contributed by atoms with E-state index in [2.05, 4.69) is 25.7 Å². The molecule has 2 N–H and O–H groups in total. The third-order valence-electron chi connectivity index (χ3n) is 4.12. The Bertz CT molecular complexity index is 924. The maximum Gasteiger partial charge on any atom is 0.258 e. The number of rotatable bonds is 4. The van der Waals surface area contributed by atoms with E-state index in [4.69, 9.17) is 16.3 Å². The van der Waals surface area contributed by atoms with Gasteiger partial charge in [0.05, 0.1) is 41.9 Å². The topological polar surface area (TPSA) is 94.0 Å². The molecule has 1 aliphatic heterocycles. The Morgan fingerprint density at radius 2 is 1.96 bits per heavy atom. The number of amides is 1. The molecule has 3 aromatic rings. The van der Waals surface area contributed by atoms with Gasteiger partial charge in [0.15, 0.2) is 0 Å². The molecule has 0 unspecified atom stereocenters. The van der Waals surface area contributed by atoms with Crippen molar-refractivity contribution in [2.24, 2.45) is 0 Å². The average Bonchev–Trinajstić information content (AvgIpc) is 3.20. The quantitative estimate of drug-likeness (QED) is 0.673. The van der Waals surface area contributed by atoms with Crippen LogP contribution in [0.25, 0.3) is 5.95 Å². The van der Waals surface area contributed by atoms with Gasteiger partial charge in [0.25, 0.3) is 11.9 Å². The second kappa shape index (κ2) is 9.11. The molecule has 28 heavy (non-hydrogen) atoms. The molecule has 0 aliphatic carbocycles. The monoisotopic (exact) mass is 420 g/mol. The molecule has 2 aromatic heterocycles. The summed E-state index contributed by atoms with van der Waals surface area (Å²) < 4.78 is 7.14. The molecular formula is C18H18Cl2N6O2. The molecule has 3 heterocycles. The summed E-state index contributed by atoms with van der Waals surface area (Å²) >= 11 is 5.78. The van der Waals surface area contributed by atoms with E-state index in [0.717, 1.165) is 18.7 Å². The Balaban J connectivity index is 0.00000225. The Morgan fingerprint density at radius 1 is 1.21 bits per heavy atom. The van der Waals surface area contributed by atoms with Crippen molar-refractivity contribution >= 4 is 35.6 Å². The number of benzene rings is 1. The van der Waals surface area contributed by atoms with Crippen LogP contribution in [0.1, 0.15) is 22.0 Å². The van der Waals surface area contributed by atoms with E-state index in [1.165, 1.54) is 23.3 Å². The lowest BCUT2D eigenvalue weighted by Crippen LogP contribution is -2.33. The number of carbonyl (C=O) groups excluding carboxylic acids is 1. The highest BCUT2D eigenvalue weighted by molar-refractivity contribution is 6.30. The number of halogens is 2. The van der Waals surface area contributed by atoms with Crippen LogP contribution in [0.3, 0.4) is 0 Å². The van der Waals surface area contributed by atoms with Gasteiger partial charge in [-0.25, -0.2) is 14.6 Å². The summed E-state index contributed by atoms with van der Waals surface area (Å²) in [5, 5.41) is 10.7. The zero-order valence-electron chi connectivity index (χ0n) is 14.7. The molecule has 8 nitrogen and oxygen atoms in total. The molecular weight excluding hydrogens is 403 g/mol. The zero-order valence-corrected chi connectivity index (χ0v) is 16.3. The predicted molar refractivity (Wildman–Crippen MR) is 107 cm³/mol. The van der Waals surface area contributed by atoms with Crippen molar-refractivity contribution in [3.8, 4) is 5.95 Å². The van der Waals surface area contributed by atoms with Crippen molar-refractivity contribution in [2.45, 2.75) is 6.10 Å². The van der Waals surface area contributed by atoms with Crippen LogP contribution < -0.4 is 10.6 Å². The van der Waals surface area contributed by atoms with Crippen molar-refractivity contribution < 1.29 is 9.53 Å². The minimum absolute atomic E-state index is 0. The van der Waals surface area contributed by atoms with E-state index in [1.807, 2.05) is 24.3 Å². The smallest absolute Gasteiger partial charge is 0.258 e. The van der Waals surface area contributed by atoms with Gasteiger partial charge in [-0.2, -0.15) is 5.10 Å². The molecule has 4 rings (SSSR count). The molecule has 1 aliphatic rings. The number of carbonyl (C=O) groups is 1. The van der Waals surface area contributed by atoms with E-state index in [-0.39, 0.29) is 24.4 Å². The summed E-state index contributed by atoms with van der Waals surface area (Å²) in [5.74, 6) is 0.0717. The van der Waals surface area contributed by atoms with E-state index in [9.17, 15) is 4.79 Å². The van der Waals surface area contributed by atoms with Gasteiger partial charge in [-0.1, -0.05) is 23.7 Å². The lowest BCUT2D eigenvalue weighted by atomic mass is 10.1. The molecule has 146 valence electrons. The molecule has 1 saturated heterocycles. The summed E-state index contributed by atoms with van der Waals surface area (Å²) in [4.78, 5) is 20.6. The fourth-order valence-electron chi connectivity index (χ4n) is 2.74. The molecule has 0 saturated carbocycles. The van der Waals surface area contributed by atoms with Crippen molar-refractivity contribution in [2.75, 3.05) is 25.0 Å². The van der Waals surface area contributed by atoms with Crippen LogP contribution in [-0.2, 0) is 4.74 Å². The van der Waals surface area contributed by atoms with Crippen LogP contribution in [0.5, 0.6) is 0 Å². The molecule has 1 fully saturated rings. The highest BCUT2D eigenvalue weighted by Crippen LogP contribution is 2.21. The van der Waals surface area contributed by atoms with Crippen LogP contribution in [-0.4, -0.2) is 45.4 Å². The van der Waals surface area contributed by atoms with Crippen LogP contribution in [0.4, 0.5) is 5.69 Å². The second-order valence-electron chi connectivity index (χ2n) is 6.01. The number of aromatic nitrogens is 4. The van der Waals surface area contributed by atoms with E-state index < -0.39 is 0 Å². The molecule has 0 bridgehead atoms. The maximum absolute atomic E-state index is 12.4. The first-order valence-corrected chi connectivity index (χ1v) is 8.83. The predicted octanol–water partition coefficient (Wildman–Crippen LogP) is 2.65. The lowest BCUT2D eigenvalue weighted by Gasteiger charge is -2.24.